The first kappa shape index (κ1) is 28.8. The first-order chi connectivity index (χ1) is 21.0. The van der Waals surface area contributed by atoms with Crippen molar-refractivity contribution in [1.82, 2.24) is 19.5 Å². The molecule has 1 aliphatic rings. The largest absolute Gasteiger partial charge is 0.326 e. The average molecular weight is 600 g/mol. The molecule has 0 atom stereocenters. The van der Waals surface area contributed by atoms with Crippen LogP contribution in [0.2, 0.25) is 0 Å². The summed E-state index contributed by atoms with van der Waals surface area (Å²) in [5.41, 5.74) is 1.14. The highest BCUT2D eigenvalue weighted by Crippen LogP contribution is 2.47. The van der Waals surface area contributed by atoms with Crippen molar-refractivity contribution in [2.75, 3.05) is 16.0 Å². The number of aromatic nitrogens is 4. The lowest BCUT2D eigenvalue weighted by Gasteiger charge is -2.16. The van der Waals surface area contributed by atoms with Crippen LogP contribution in [0.15, 0.2) is 66.9 Å². The molecule has 2 amide bonds. The summed E-state index contributed by atoms with van der Waals surface area (Å²) in [5.74, 6) is -1.87. The van der Waals surface area contributed by atoms with Crippen molar-refractivity contribution in [2.45, 2.75) is 39.7 Å². The van der Waals surface area contributed by atoms with Gasteiger partial charge >= 0.3 is 0 Å². The molecule has 44 heavy (non-hydrogen) atoms. The second-order valence-electron chi connectivity index (χ2n) is 11.0. The fourth-order valence-electron chi connectivity index (χ4n) is 5.17. The van der Waals surface area contributed by atoms with Gasteiger partial charge in [0.1, 0.15) is 28.3 Å². The van der Waals surface area contributed by atoms with Crippen LogP contribution in [0.1, 0.15) is 38.6 Å². The van der Waals surface area contributed by atoms with Crippen molar-refractivity contribution in [1.29, 1.82) is 0 Å². The third-order valence-corrected chi connectivity index (χ3v) is 7.58. The van der Waals surface area contributed by atoms with Gasteiger partial charge < -0.3 is 20.5 Å². The van der Waals surface area contributed by atoms with Gasteiger partial charge in [0, 0.05) is 28.7 Å². The molecule has 0 radical (unpaired) electrons. The third-order valence-electron chi connectivity index (χ3n) is 7.58. The summed E-state index contributed by atoms with van der Waals surface area (Å²) in [6.45, 7) is 5.71. The van der Waals surface area contributed by atoms with E-state index in [0.29, 0.717) is 41.2 Å². The highest BCUT2D eigenvalue weighted by molar-refractivity contribution is 6.16. The summed E-state index contributed by atoms with van der Waals surface area (Å²) in [7, 11) is 0. The quantitative estimate of drug-likeness (QED) is 0.167. The summed E-state index contributed by atoms with van der Waals surface area (Å²) in [5, 5.41) is 8.44. The summed E-state index contributed by atoms with van der Waals surface area (Å²) in [4.78, 5) is 38.5. The number of fused-ring (bicyclic) bond motifs is 1. The molecule has 1 fully saturated rings. The monoisotopic (exact) mass is 599 g/mol. The van der Waals surface area contributed by atoms with Crippen LogP contribution in [0, 0.1) is 29.8 Å². The van der Waals surface area contributed by atoms with Gasteiger partial charge in [0.05, 0.1) is 11.7 Å². The molecule has 12 heteroatoms. The second kappa shape index (κ2) is 11.1. The smallest absolute Gasteiger partial charge is 0.240 e. The maximum atomic E-state index is 15.0. The number of amides is 2. The molecule has 0 saturated heterocycles. The van der Waals surface area contributed by atoms with Gasteiger partial charge in [-0.1, -0.05) is 0 Å². The number of rotatable bonds is 8. The molecule has 1 aliphatic carbocycles. The van der Waals surface area contributed by atoms with Crippen molar-refractivity contribution >= 4 is 45.9 Å². The number of nitrogens with one attached hydrogen (secondary N) is 3. The average Bonchev–Trinajstić information content (AvgIpc) is 3.73. The van der Waals surface area contributed by atoms with E-state index in [1.807, 2.05) is 18.4 Å². The maximum Gasteiger partial charge on any atom is 0.240 e. The van der Waals surface area contributed by atoms with Crippen molar-refractivity contribution in [2.24, 2.45) is 5.41 Å². The zero-order valence-electron chi connectivity index (χ0n) is 24.1. The predicted octanol–water partition coefficient (Wildman–Crippen LogP) is 6.90. The lowest BCUT2D eigenvalue weighted by molar-refractivity contribution is -0.131. The molecule has 2 heterocycles. The summed E-state index contributed by atoms with van der Waals surface area (Å²) >= 11 is 0. The molecular weight excluding hydrogens is 571 g/mol. The van der Waals surface area contributed by atoms with E-state index in [9.17, 15) is 18.4 Å². The molecule has 3 N–H and O–H groups in total. The normalized spacial score (nSPS) is 13.6. The molecule has 1 saturated carbocycles. The topological polar surface area (TPSA) is 114 Å². The van der Waals surface area contributed by atoms with E-state index in [2.05, 4.69) is 30.9 Å². The number of anilines is 4. The van der Waals surface area contributed by atoms with E-state index in [4.69, 9.17) is 0 Å². The summed E-state index contributed by atoms with van der Waals surface area (Å²) < 4.78 is 44.9. The minimum Gasteiger partial charge on any atom is -0.326 e. The zero-order valence-corrected chi connectivity index (χ0v) is 24.1. The number of hydrogen-bond acceptors (Lipinski definition) is 6. The fourth-order valence-corrected chi connectivity index (χ4v) is 5.17. The highest BCUT2D eigenvalue weighted by atomic mass is 19.1. The number of halogens is 3. The standard InChI is InChI=1S/C32H28F3N7O2/c1-17(2)42-18(3)37-28-24(34)14-19(15-26(28)42)27-25(35)16-36-31(41-27)40-23-10-8-22(9-11-23)39-30(44)32(12-13-32)29(43)38-21-6-4-20(33)5-7-21/h4-11,14-17H,12-13H2,1-3H3,(H,38,43)(H,39,44)(H,36,40,41). The van der Waals surface area contributed by atoms with Crippen molar-refractivity contribution in [3.8, 4) is 11.3 Å². The zero-order chi connectivity index (χ0) is 31.2. The Bertz CT molecular complexity index is 1900. The Morgan fingerprint density at radius 3 is 2.02 bits per heavy atom. The van der Waals surface area contributed by atoms with Crippen LogP contribution < -0.4 is 16.0 Å². The molecule has 6 rings (SSSR count). The lowest BCUT2D eigenvalue weighted by atomic mass is 10.0. The van der Waals surface area contributed by atoms with Crippen molar-refractivity contribution < 1.29 is 22.8 Å². The molecule has 0 unspecified atom stereocenters. The minimum absolute atomic E-state index is 0.0169. The van der Waals surface area contributed by atoms with Crippen LogP contribution in [0.25, 0.3) is 22.3 Å². The fraction of sp³-hybridized carbons (Fsp3) is 0.219. The number of benzene rings is 3. The Morgan fingerprint density at radius 1 is 0.841 bits per heavy atom. The molecule has 224 valence electrons. The summed E-state index contributed by atoms with van der Waals surface area (Å²) in [6.07, 6.45) is 1.80. The molecule has 0 spiro atoms. The Labute approximate surface area is 250 Å². The van der Waals surface area contributed by atoms with E-state index in [-0.39, 0.29) is 28.8 Å². The number of carbonyl (C=O) groups excluding carboxylic acids is 2. The Hall–Kier alpha value is -5.26. The number of hydrogen-bond donors (Lipinski definition) is 3. The van der Waals surface area contributed by atoms with E-state index in [1.165, 1.54) is 30.3 Å². The van der Waals surface area contributed by atoms with E-state index >= 15 is 4.39 Å². The first-order valence-corrected chi connectivity index (χ1v) is 14.0. The number of aryl methyl sites for hydroxylation is 1. The molecule has 0 aliphatic heterocycles. The SMILES string of the molecule is Cc1nc2c(F)cc(-c3nc(Nc4ccc(NC(=O)C5(C(=O)Nc6ccc(F)cc6)CC5)cc4)ncc3F)cc2n1C(C)C. The van der Waals surface area contributed by atoms with E-state index in [1.54, 1.807) is 37.3 Å². The van der Waals surface area contributed by atoms with Gasteiger partial charge in [-0.3, -0.25) is 9.59 Å². The van der Waals surface area contributed by atoms with Crippen LogP contribution in [0.4, 0.5) is 36.2 Å². The maximum absolute atomic E-state index is 15.0. The molecule has 5 aromatic rings. The van der Waals surface area contributed by atoms with Gasteiger partial charge in [-0.25, -0.2) is 28.1 Å². The molecule has 9 nitrogen and oxygen atoms in total. The van der Waals surface area contributed by atoms with Gasteiger partial charge in [-0.2, -0.15) is 0 Å². The highest BCUT2D eigenvalue weighted by Gasteiger charge is 2.56. The Morgan fingerprint density at radius 2 is 1.43 bits per heavy atom. The molecular formula is C32H28F3N7O2. The van der Waals surface area contributed by atoms with E-state index in [0.717, 1.165) is 6.20 Å². The van der Waals surface area contributed by atoms with E-state index < -0.39 is 34.7 Å². The van der Waals surface area contributed by atoms with Gasteiger partial charge in [0.2, 0.25) is 17.8 Å². The van der Waals surface area contributed by atoms with Gasteiger partial charge in [0.25, 0.3) is 0 Å². The number of nitrogens with zero attached hydrogens (tertiary/aromatic N) is 4. The predicted molar refractivity (Wildman–Crippen MR) is 161 cm³/mol. The van der Waals surface area contributed by atoms with Gasteiger partial charge in [-0.05, 0) is 94.3 Å². The molecule has 3 aromatic carbocycles. The van der Waals surface area contributed by atoms with Crippen molar-refractivity contribution in [3.05, 3.63) is 90.1 Å². The molecule has 0 bridgehead atoms. The van der Waals surface area contributed by atoms with Crippen LogP contribution >= 0.6 is 0 Å². The molecule has 2 aromatic heterocycles. The second-order valence-corrected chi connectivity index (χ2v) is 11.0. The number of carbonyl (C=O) groups is 2. The lowest BCUT2D eigenvalue weighted by Crippen LogP contribution is -2.35. The summed E-state index contributed by atoms with van der Waals surface area (Å²) in [6, 6.07) is 14.8. The Kier molecular flexibility index (Phi) is 7.28. The van der Waals surface area contributed by atoms with Crippen LogP contribution in [0.3, 0.4) is 0 Å². The van der Waals surface area contributed by atoms with Crippen LogP contribution in [-0.2, 0) is 9.59 Å². The minimum atomic E-state index is -1.20. The Balaban J connectivity index is 1.16. The van der Waals surface area contributed by atoms with Crippen molar-refractivity contribution in [3.63, 3.8) is 0 Å². The number of imidazole rings is 1. The van der Waals surface area contributed by atoms with Gasteiger partial charge in [0.15, 0.2) is 11.6 Å². The first-order valence-electron chi connectivity index (χ1n) is 14.0. The van der Waals surface area contributed by atoms with Crippen LogP contribution in [0.5, 0.6) is 0 Å². The van der Waals surface area contributed by atoms with Gasteiger partial charge in [-0.15, -0.1) is 0 Å². The van der Waals surface area contributed by atoms with Crippen LogP contribution in [-0.4, -0.2) is 31.3 Å². The third kappa shape index (κ3) is 5.46.